The second-order valence-corrected chi connectivity index (χ2v) is 16.4. The highest BCUT2D eigenvalue weighted by Gasteiger charge is 2.37. The first-order valence-electron chi connectivity index (χ1n) is 13.1. The molecule has 7 nitrogen and oxygen atoms in total. The summed E-state index contributed by atoms with van der Waals surface area (Å²) >= 11 is 0. The molecule has 10 heteroatoms. The number of benzene rings is 1. The number of hydrogen-bond acceptors (Lipinski definition) is 6. The van der Waals surface area contributed by atoms with Gasteiger partial charge in [0.25, 0.3) is 0 Å². The maximum absolute atomic E-state index is 14.8. The topological polar surface area (TPSA) is 64.8 Å². The van der Waals surface area contributed by atoms with Crippen LogP contribution in [0.3, 0.4) is 0 Å². The number of methoxy groups -OCH3 is 1. The molecule has 0 N–H and O–H groups in total. The van der Waals surface area contributed by atoms with Crippen molar-refractivity contribution in [3.63, 3.8) is 0 Å². The van der Waals surface area contributed by atoms with Crippen molar-refractivity contribution in [2.45, 2.75) is 64.1 Å². The Bertz CT molecular complexity index is 1490. The van der Waals surface area contributed by atoms with Crippen molar-refractivity contribution in [3.8, 4) is 17.1 Å². The van der Waals surface area contributed by atoms with Crippen LogP contribution in [0.2, 0.25) is 18.1 Å². The minimum atomic E-state index is -1.91. The zero-order valence-corrected chi connectivity index (χ0v) is 24.3. The molecule has 0 unspecified atom stereocenters. The van der Waals surface area contributed by atoms with Crippen LogP contribution < -0.4 is 9.64 Å². The van der Waals surface area contributed by atoms with E-state index in [0.717, 1.165) is 17.0 Å². The van der Waals surface area contributed by atoms with Gasteiger partial charge in [-0.2, -0.15) is 0 Å². The Morgan fingerprint density at radius 1 is 1.08 bits per heavy atom. The van der Waals surface area contributed by atoms with E-state index in [9.17, 15) is 8.78 Å². The predicted molar refractivity (Wildman–Crippen MR) is 151 cm³/mol. The molecule has 206 valence electrons. The van der Waals surface area contributed by atoms with Crippen molar-refractivity contribution in [3.05, 3.63) is 71.8 Å². The molecule has 1 aromatic carbocycles. The van der Waals surface area contributed by atoms with Crippen molar-refractivity contribution in [1.29, 1.82) is 0 Å². The quantitative estimate of drug-likeness (QED) is 0.237. The number of aromatic nitrogens is 4. The lowest BCUT2D eigenvalue weighted by Crippen LogP contribution is -2.40. The smallest absolute Gasteiger partial charge is 0.192 e. The van der Waals surface area contributed by atoms with Crippen LogP contribution in [0.4, 0.5) is 14.6 Å². The zero-order valence-electron chi connectivity index (χ0n) is 23.3. The molecule has 0 amide bonds. The lowest BCUT2D eigenvalue weighted by Gasteiger charge is -2.36. The molecule has 1 aliphatic heterocycles. The predicted octanol–water partition coefficient (Wildman–Crippen LogP) is 6.75. The molecule has 2 atom stereocenters. The number of anilines is 1. The average molecular weight is 552 g/mol. The number of halogens is 2. The summed E-state index contributed by atoms with van der Waals surface area (Å²) in [7, 11) is -0.376. The molecule has 0 radical (unpaired) electrons. The molecular weight excluding hydrogens is 516 g/mol. The highest BCUT2D eigenvalue weighted by atomic mass is 28.4. The van der Waals surface area contributed by atoms with Crippen molar-refractivity contribution in [2.24, 2.45) is 0 Å². The van der Waals surface area contributed by atoms with Crippen LogP contribution in [0.5, 0.6) is 5.75 Å². The van der Waals surface area contributed by atoms with E-state index in [4.69, 9.17) is 14.3 Å². The van der Waals surface area contributed by atoms with Crippen LogP contribution >= 0.6 is 0 Å². The van der Waals surface area contributed by atoms with E-state index in [1.54, 1.807) is 23.0 Å². The second kappa shape index (κ2) is 10.3. The largest absolute Gasteiger partial charge is 0.496 e. The van der Waals surface area contributed by atoms with E-state index in [0.29, 0.717) is 29.4 Å². The van der Waals surface area contributed by atoms with Crippen LogP contribution in [0.1, 0.15) is 44.4 Å². The average Bonchev–Trinajstić information content (AvgIpc) is 3.50. The summed E-state index contributed by atoms with van der Waals surface area (Å²) < 4.78 is 42.5. The Labute approximate surface area is 228 Å². The lowest BCUT2D eigenvalue weighted by molar-refractivity contribution is 0.276. The first-order chi connectivity index (χ1) is 18.5. The van der Waals surface area contributed by atoms with Gasteiger partial charge in [0.05, 0.1) is 38.2 Å². The Hall–Kier alpha value is -3.37. The molecule has 3 aromatic heterocycles. The summed E-state index contributed by atoms with van der Waals surface area (Å²) in [6, 6.07) is 11.5. The minimum Gasteiger partial charge on any atom is -0.496 e. The monoisotopic (exact) mass is 551 g/mol. The number of ether oxygens (including phenoxy) is 1. The van der Waals surface area contributed by atoms with E-state index >= 15 is 0 Å². The number of hydrogen-bond donors (Lipinski definition) is 0. The number of alkyl halides is 1. The molecule has 0 saturated carbocycles. The minimum absolute atomic E-state index is 0.117. The molecule has 4 heterocycles. The van der Waals surface area contributed by atoms with Gasteiger partial charge >= 0.3 is 0 Å². The molecule has 1 fully saturated rings. The summed E-state index contributed by atoms with van der Waals surface area (Å²) in [6.07, 6.45) is 2.64. The number of fused-ring (bicyclic) bond motifs is 1. The van der Waals surface area contributed by atoms with Gasteiger partial charge in [0.1, 0.15) is 29.3 Å². The van der Waals surface area contributed by atoms with Crippen molar-refractivity contribution in [1.82, 2.24) is 19.6 Å². The van der Waals surface area contributed by atoms with Crippen LogP contribution in [0.25, 0.3) is 17.0 Å². The summed E-state index contributed by atoms with van der Waals surface area (Å²) in [5.74, 6) is 0.693. The van der Waals surface area contributed by atoms with Gasteiger partial charge in [0.15, 0.2) is 14.0 Å². The van der Waals surface area contributed by atoms with Gasteiger partial charge < -0.3 is 14.1 Å². The molecule has 0 aliphatic carbocycles. The lowest BCUT2D eigenvalue weighted by atomic mass is 10.0. The van der Waals surface area contributed by atoms with Gasteiger partial charge in [0, 0.05) is 18.2 Å². The van der Waals surface area contributed by atoms with Gasteiger partial charge in [0.2, 0.25) is 0 Å². The van der Waals surface area contributed by atoms with Crippen LogP contribution in [0.15, 0.2) is 54.9 Å². The standard InChI is InChI=1S/C29H35F2N5O2Si/c1-29(2,3)39(5,6)38-18-19-11-12-32-23(13-19)25-16-33-27-9-10-28(34-36(25)27)35-17-21(31)15-24(35)22-14-20(30)7-8-26(22)37-4/h7-14,16,21,24H,15,17-18H2,1-6H3/t21-,24+/m0/s1. The third-order valence-electron chi connectivity index (χ3n) is 7.94. The normalized spacial score (nSPS) is 18.2. The van der Waals surface area contributed by atoms with E-state index in [-0.39, 0.29) is 18.0 Å². The molecule has 0 spiro atoms. The Morgan fingerprint density at radius 3 is 2.62 bits per heavy atom. The highest BCUT2D eigenvalue weighted by molar-refractivity contribution is 6.74. The van der Waals surface area contributed by atoms with Gasteiger partial charge in [-0.25, -0.2) is 18.3 Å². The third-order valence-corrected chi connectivity index (χ3v) is 12.4. The molecular formula is C29H35F2N5O2Si. The first-order valence-corrected chi connectivity index (χ1v) is 16.1. The first kappa shape index (κ1) is 27.2. The zero-order chi connectivity index (χ0) is 27.9. The summed E-state index contributed by atoms with van der Waals surface area (Å²) in [4.78, 5) is 11.0. The molecule has 1 aliphatic rings. The highest BCUT2D eigenvalue weighted by Crippen LogP contribution is 2.41. The van der Waals surface area contributed by atoms with Gasteiger partial charge in [-0.3, -0.25) is 4.98 Å². The van der Waals surface area contributed by atoms with Crippen LogP contribution in [0, 0.1) is 5.82 Å². The Kier molecular flexibility index (Phi) is 7.19. The third kappa shape index (κ3) is 5.40. The van der Waals surface area contributed by atoms with Gasteiger partial charge in [-0.05, 0) is 66.2 Å². The summed E-state index contributed by atoms with van der Waals surface area (Å²) in [5.41, 5.74) is 3.71. The SMILES string of the molecule is COc1ccc(F)cc1[C@H]1C[C@H](F)CN1c1ccc2ncc(-c3cc(CO[Si](C)(C)C(C)(C)C)ccn3)n2n1. The number of pyridine rings is 1. The van der Waals surface area contributed by atoms with Crippen LogP contribution in [-0.4, -0.2) is 47.7 Å². The number of nitrogens with zero attached hydrogens (tertiary/aromatic N) is 5. The molecule has 5 rings (SSSR count). The maximum atomic E-state index is 14.8. The fraction of sp³-hybridized carbons (Fsp3) is 0.414. The van der Waals surface area contributed by atoms with Crippen molar-refractivity contribution in [2.75, 3.05) is 18.6 Å². The summed E-state index contributed by atoms with van der Waals surface area (Å²) in [5, 5.41) is 4.96. The maximum Gasteiger partial charge on any atom is 0.192 e. The summed E-state index contributed by atoms with van der Waals surface area (Å²) in [6.45, 7) is 11.8. The van der Waals surface area contributed by atoms with Gasteiger partial charge in [-0.1, -0.05) is 20.8 Å². The number of rotatable bonds is 7. The van der Waals surface area contributed by atoms with E-state index in [1.165, 1.54) is 19.2 Å². The molecule has 0 bridgehead atoms. The Balaban J connectivity index is 1.47. The number of imidazole rings is 1. The van der Waals surface area contributed by atoms with E-state index in [2.05, 4.69) is 43.8 Å². The van der Waals surface area contributed by atoms with Crippen LogP contribution in [-0.2, 0) is 11.0 Å². The molecule has 4 aromatic rings. The fourth-order valence-electron chi connectivity index (χ4n) is 4.67. The van der Waals surface area contributed by atoms with Gasteiger partial charge in [-0.15, -0.1) is 5.10 Å². The Morgan fingerprint density at radius 2 is 1.87 bits per heavy atom. The second-order valence-electron chi connectivity index (χ2n) is 11.6. The van der Waals surface area contributed by atoms with E-state index < -0.39 is 26.3 Å². The molecule has 39 heavy (non-hydrogen) atoms. The van der Waals surface area contributed by atoms with Crippen molar-refractivity contribution < 1.29 is 17.9 Å². The molecule has 1 saturated heterocycles. The van der Waals surface area contributed by atoms with E-state index in [1.807, 2.05) is 29.2 Å². The fourth-order valence-corrected chi connectivity index (χ4v) is 5.63. The van der Waals surface area contributed by atoms with Crippen molar-refractivity contribution >= 4 is 19.8 Å².